The first-order valence-corrected chi connectivity index (χ1v) is 10.9. The van der Waals surface area contributed by atoms with Gasteiger partial charge in [-0.1, -0.05) is 12.1 Å². The van der Waals surface area contributed by atoms with E-state index in [1.807, 2.05) is 41.8 Å². The Morgan fingerprint density at radius 1 is 1.20 bits per heavy atom. The molecule has 1 aliphatic rings. The first-order chi connectivity index (χ1) is 14.8. The third-order valence-electron chi connectivity index (χ3n) is 4.88. The first-order valence-electron chi connectivity index (χ1n) is 10.1. The summed E-state index contributed by atoms with van der Waals surface area (Å²) in [4.78, 5) is 23.3. The van der Waals surface area contributed by atoms with Crippen molar-refractivity contribution in [2.24, 2.45) is 0 Å². The molecule has 0 spiro atoms. The number of thiazole rings is 1. The van der Waals surface area contributed by atoms with Gasteiger partial charge in [-0.15, -0.1) is 11.3 Å². The van der Waals surface area contributed by atoms with E-state index in [9.17, 15) is 4.79 Å². The van der Waals surface area contributed by atoms with Gasteiger partial charge in [-0.25, -0.2) is 4.98 Å². The Hall–Kier alpha value is -2.81. The number of carbonyl (C=O) groups excluding carboxylic acids is 1. The standard InChI is InChI=1S/C22H25N5O2S/c28-21(26-22-25-20(16-30-22)18-4-6-23-7-5-18)15-17-2-1-3-19(14-17)29-13-12-27-10-8-24-9-11-27/h1-7,14,16,24H,8-13,15H2,(H,25,26,28). The lowest BCUT2D eigenvalue weighted by atomic mass is 10.1. The van der Waals surface area contributed by atoms with Crippen LogP contribution in [0.4, 0.5) is 5.13 Å². The van der Waals surface area contributed by atoms with E-state index in [1.165, 1.54) is 11.3 Å². The maximum atomic E-state index is 12.5. The highest BCUT2D eigenvalue weighted by atomic mass is 32.1. The number of ether oxygens (including phenoxy) is 1. The summed E-state index contributed by atoms with van der Waals surface area (Å²) in [6, 6.07) is 11.5. The smallest absolute Gasteiger partial charge is 0.230 e. The van der Waals surface area contributed by atoms with Gasteiger partial charge in [0, 0.05) is 56.1 Å². The second kappa shape index (κ2) is 10.3. The van der Waals surface area contributed by atoms with E-state index in [-0.39, 0.29) is 12.3 Å². The number of hydrogen-bond donors (Lipinski definition) is 2. The monoisotopic (exact) mass is 423 g/mol. The number of pyridine rings is 1. The molecule has 1 aliphatic heterocycles. The molecule has 156 valence electrons. The zero-order valence-corrected chi connectivity index (χ0v) is 17.5. The summed E-state index contributed by atoms with van der Waals surface area (Å²) in [7, 11) is 0. The van der Waals surface area contributed by atoms with Crippen molar-refractivity contribution in [3.63, 3.8) is 0 Å². The lowest BCUT2D eigenvalue weighted by molar-refractivity contribution is -0.115. The molecule has 0 unspecified atom stereocenters. The van der Waals surface area contributed by atoms with Crippen molar-refractivity contribution in [1.29, 1.82) is 0 Å². The molecule has 4 rings (SSSR count). The summed E-state index contributed by atoms with van der Waals surface area (Å²) in [6.07, 6.45) is 3.73. The summed E-state index contributed by atoms with van der Waals surface area (Å²) >= 11 is 1.41. The van der Waals surface area contributed by atoms with Gasteiger partial charge in [0.2, 0.25) is 5.91 Å². The first kappa shape index (κ1) is 20.5. The van der Waals surface area contributed by atoms with Crippen molar-refractivity contribution in [2.45, 2.75) is 6.42 Å². The van der Waals surface area contributed by atoms with Crippen molar-refractivity contribution < 1.29 is 9.53 Å². The highest BCUT2D eigenvalue weighted by Gasteiger charge is 2.11. The van der Waals surface area contributed by atoms with Crippen molar-refractivity contribution >= 4 is 22.4 Å². The Bertz CT molecular complexity index is 957. The highest BCUT2D eigenvalue weighted by Crippen LogP contribution is 2.24. The Morgan fingerprint density at radius 2 is 2.03 bits per heavy atom. The molecule has 1 saturated heterocycles. The molecule has 1 fully saturated rings. The average molecular weight is 424 g/mol. The zero-order valence-electron chi connectivity index (χ0n) is 16.7. The molecule has 7 nitrogen and oxygen atoms in total. The van der Waals surface area contributed by atoms with E-state index in [1.54, 1.807) is 12.4 Å². The fraction of sp³-hybridized carbons (Fsp3) is 0.318. The van der Waals surface area contributed by atoms with Gasteiger partial charge in [-0.3, -0.25) is 14.7 Å². The Morgan fingerprint density at radius 3 is 2.87 bits per heavy atom. The van der Waals surface area contributed by atoms with Crippen LogP contribution in [0.25, 0.3) is 11.3 Å². The highest BCUT2D eigenvalue weighted by molar-refractivity contribution is 7.14. The number of hydrogen-bond acceptors (Lipinski definition) is 7. The van der Waals surface area contributed by atoms with E-state index >= 15 is 0 Å². The Kier molecular flexibility index (Phi) is 7.02. The lowest BCUT2D eigenvalue weighted by Gasteiger charge is -2.26. The number of benzene rings is 1. The van der Waals surface area contributed by atoms with Gasteiger partial charge in [0.1, 0.15) is 12.4 Å². The summed E-state index contributed by atoms with van der Waals surface area (Å²) in [6.45, 7) is 5.75. The van der Waals surface area contributed by atoms with E-state index in [4.69, 9.17) is 4.74 Å². The molecule has 3 aromatic rings. The molecule has 3 heterocycles. The van der Waals surface area contributed by atoms with Gasteiger partial charge in [0.05, 0.1) is 12.1 Å². The average Bonchev–Trinajstić information content (AvgIpc) is 3.24. The second-order valence-electron chi connectivity index (χ2n) is 7.09. The van der Waals surface area contributed by atoms with Gasteiger partial charge < -0.3 is 15.4 Å². The van der Waals surface area contributed by atoms with Crippen molar-refractivity contribution in [2.75, 3.05) is 44.6 Å². The van der Waals surface area contributed by atoms with Crippen molar-refractivity contribution in [1.82, 2.24) is 20.2 Å². The molecular weight excluding hydrogens is 398 g/mol. The van der Waals surface area contributed by atoms with Crippen LogP contribution in [0.2, 0.25) is 0 Å². The molecule has 0 radical (unpaired) electrons. The van der Waals surface area contributed by atoms with Gasteiger partial charge in [-0.05, 0) is 29.8 Å². The van der Waals surface area contributed by atoms with Gasteiger partial charge >= 0.3 is 0 Å². The number of amides is 1. The maximum absolute atomic E-state index is 12.5. The summed E-state index contributed by atoms with van der Waals surface area (Å²) in [5.41, 5.74) is 2.73. The second-order valence-corrected chi connectivity index (χ2v) is 7.94. The van der Waals surface area contributed by atoms with E-state index in [2.05, 4.69) is 25.5 Å². The number of nitrogens with one attached hydrogen (secondary N) is 2. The maximum Gasteiger partial charge on any atom is 0.230 e. The molecule has 30 heavy (non-hydrogen) atoms. The Balaban J connectivity index is 1.27. The van der Waals surface area contributed by atoms with E-state index in [0.29, 0.717) is 11.7 Å². The molecule has 2 N–H and O–H groups in total. The third-order valence-corrected chi connectivity index (χ3v) is 5.63. The van der Waals surface area contributed by atoms with Crippen molar-refractivity contribution in [3.05, 3.63) is 59.7 Å². The van der Waals surface area contributed by atoms with Crippen molar-refractivity contribution in [3.8, 4) is 17.0 Å². The number of anilines is 1. The molecular formula is C22H25N5O2S. The summed E-state index contributed by atoms with van der Waals surface area (Å²) in [5, 5.41) is 8.76. The van der Waals surface area contributed by atoms with Crippen LogP contribution in [0.15, 0.2) is 54.2 Å². The molecule has 0 saturated carbocycles. The molecule has 2 aromatic heterocycles. The van der Waals surface area contributed by atoms with Crippen LogP contribution in [-0.4, -0.2) is 60.1 Å². The quantitative estimate of drug-likeness (QED) is 0.580. The molecule has 0 aliphatic carbocycles. The predicted molar refractivity (Wildman–Crippen MR) is 119 cm³/mol. The SMILES string of the molecule is O=C(Cc1cccc(OCCN2CCNCC2)c1)Nc1nc(-c2ccncc2)cs1. The molecule has 1 amide bonds. The number of nitrogens with zero attached hydrogens (tertiary/aromatic N) is 3. The largest absolute Gasteiger partial charge is 0.492 e. The van der Waals surface area contributed by atoms with Crippen LogP contribution in [0.5, 0.6) is 5.75 Å². The van der Waals surface area contributed by atoms with Gasteiger partial charge in [0.15, 0.2) is 5.13 Å². The lowest BCUT2D eigenvalue weighted by Crippen LogP contribution is -2.44. The van der Waals surface area contributed by atoms with Crippen LogP contribution < -0.4 is 15.4 Å². The number of rotatable bonds is 8. The van der Waals surface area contributed by atoms with Gasteiger partial charge in [-0.2, -0.15) is 0 Å². The van der Waals surface area contributed by atoms with Gasteiger partial charge in [0.25, 0.3) is 0 Å². The topological polar surface area (TPSA) is 79.4 Å². The van der Waals surface area contributed by atoms with Crippen LogP contribution >= 0.6 is 11.3 Å². The summed E-state index contributed by atoms with van der Waals surface area (Å²) in [5.74, 6) is 0.702. The normalized spacial score (nSPS) is 14.4. The zero-order chi connectivity index (χ0) is 20.6. The fourth-order valence-corrected chi connectivity index (χ4v) is 4.04. The van der Waals surface area contributed by atoms with Crippen LogP contribution in [-0.2, 0) is 11.2 Å². The minimum Gasteiger partial charge on any atom is -0.492 e. The molecule has 0 atom stereocenters. The number of piperazine rings is 1. The summed E-state index contributed by atoms with van der Waals surface area (Å²) < 4.78 is 5.89. The Labute approximate surface area is 180 Å². The number of aromatic nitrogens is 2. The number of carbonyl (C=O) groups is 1. The minimum absolute atomic E-state index is 0.0939. The van der Waals surface area contributed by atoms with Crippen LogP contribution in [0.1, 0.15) is 5.56 Å². The van der Waals surface area contributed by atoms with E-state index < -0.39 is 0 Å². The minimum atomic E-state index is -0.0939. The predicted octanol–water partition coefficient (Wildman–Crippen LogP) is 2.67. The fourth-order valence-electron chi connectivity index (χ4n) is 3.31. The van der Waals surface area contributed by atoms with Crippen LogP contribution in [0, 0.1) is 0 Å². The molecule has 8 heteroatoms. The molecule has 1 aromatic carbocycles. The van der Waals surface area contributed by atoms with Crippen LogP contribution in [0.3, 0.4) is 0 Å². The third kappa shape index (κ3) is 5.85. The molecule has 0 bridgehead atoms. The van der Waals surface area contributed by atoms with E-state index in [0.717, 1.165) is 55.3 Å².